The standard InChI is InChI=1S/C31H26NSi.Bi.2H/c1-24-20-21-32-31(22-24)30-23-29(19-18-25(30)2)33(26-12-6-3-7-13-26,27-14-8-4-9-15-27)28-16-10-5-11-17-28;;;/h3-20,22-23H,1-2H3;;;. The van der Waals surface area contributed by atoms with Gasteiger partial charge in [0.25, 0.3) is 0 Å². The molecule has 0 spiro atoms. The van der Waals surface area contributed by atoms with Crippen molar-refractivity contribution in [2.45, 2.75) is 13.8 Å². The summed E-state index contributed by atoms with van der Waals surface area (Å²) in [6.45, 7) is 4.38. The predicted molar refractivity (Wildman–Crippen MR) is 151 cm³/mol. The minimum absolute atomic E-state index is 0.721. The molecule has 0 amide bonds. The molecule has 166 valence electrons. The van der Waals surface area contributed by atoms with E-state index in [2.05, 4.69) is 135 Å². The Morgan fingerprint density at radius 2 is 1.06 bits per heavy atom. The van der Waals surface area contributed by atoms with Crippen molar-refractivity contribution in [1.29, 1.82) is 0 Å². The van der Waals surface area contributed by atoms with Gasteiger partial charge in [-0.3, -0.25) is 0 Å². The van der Waals surface area contributed by atoms with Crippen LogP contribution in [0, 0.1) is 13.8 Å². The Hall–Kier alpha value is -2.87. The molecule has 0 saturated carbocycles. The van der Waals surface area contributed by atoms with Gasteiger partial charge in [0.05, 0.1) is 0 Å². The fourth-order valence-corrected chi connectivity index (χ4v) is 11.4. The van der Waals surface area contributed by atoms with Gasteiger partial charge >= 0.3 is 219 Å². The summed E-state index contributed by atoms with van der Waals surface area (Å²) in [5.41, 5.74) is 4.88. The number of benzene rings is 4. The SMILES string of the molecule is Cc1c[c]([BiH2])nc(-c2cc([Si](c3ccccc3)(c3ccccc3)c3ccccc3)ccc2C)c1. The van der Waals surface area contributed by atoms with Crippen LogP contribution < -0.4 is 24.1 Å². The molecular formula is C31H28BiNSi. The van der Waals surface area contributed by atoms with Gasteiger partial charge in [-0.15, -0.1) is 0 Å². The van der Waals surface area contributed by atoms with Crippen LogP contribution in [0.1, 0.15) is 11.1 Å². The quantitative estimate of drug-likeness (QED) is 0.211. The van der Waals surface area contributed by atoms with Crippen molar-refractivity contribution in [3.05, 3.63) is 132 Å². The molecule has 34 heavy (non-hydrogen) atoms. The Balaban J connectivity index is 1.87. The van der Waals surface area contributed by atoms with Gasteiger partial charge < -0.3 is 0 Å². The maximum absolute atomic E-state index is 5.00. The van der Waals surface area contributed by atoms with Crippen LogP contribution in [0.5, 0.6) is 0 Å². The average Bonchev–Trinajstić information content (AvgIpc) is 2.87. The van der Waals surface area contributed by atoms with Gasteiger partial charge in [0.1, 0.15) is 0 Å². The van der Waals surface area contributed by atoms with E-state index in [0.29, 0.717) is 0 Å². The summed E-state index contributed by atoms with van der Waals surface area (Å²) in [4.78, 5) is 5.00. The molecule has 0 unspecified atom stereocenters. The van der Waals surface area contributed by atoms with Crippen LogP contribution in [-0.2, 0) is 0 Å². The second-order valence-corrected chi connectivity index (χ2v) is 14.9. The molecule has 0 radical (unpaired) electrons. The van der Waals surface area contributed by atoms with Crippen LogP contribution in [0.3, 0.4) is 0 Å². The van der Waals surface area contributed by atoms with E-state index in [-0.39, 0.29) is 0 Å². The van der Waals surface area contributed by atoms with Crippen LogP contribution in [0.15, 0.2) is 121 Å². The molecule has 0 atom stereocenters. The van der Waals surface area contributed by atoms with E-state index in [0.717, 1.165) is 30.4 Å². The molecule has 0 bridgehead atoms. The topological polar surface area (TPSA) is 12.9 Å². The van der Waals surface area contributed by atoms with Crippen LogP contribution >= 0.6 is 0 Å². The van der Waals surface area contributed by atoms with Crippen LogP contribution in [0.25, 0.3) is 11.3 Å². The third kappa shape index (κ3) is 4.19. The van der Waals surface area contributed by atoms with Gasteiger partial charge in [0, 0.05) is 0 Å². The second kappa shape index (κ2) is 9.78. The van der Waals surface area contributed by atoms with Crippen molar-refractivity contribution in [1.82, 2.24) is 4.98 Å². The monoisotopic (exact) mass is 651 g/mol. The Bertz CT molecular complexity index is 1300. The summed E-state index contributed by atoms with van der Waals surface area (Å²) in [7, 11) is -2.53. The first-order valence-corrected chi connectivity index (χ1v) is 15.9. The molecule has 1 heterocycles. The maximum atomic E-state index is 5.00. The number of nitrogens with zero attached hydrogens (tertiary/aromatic N) is 1. The van der Waals surface area contributed by atoms with Crippen LogP contribution in [-0.4, -0.2) is 37.8 Å². The van der Waals surface area contributed by atoms with Crippen molar-refractivity contribution in [2.75, 3.05) is 0 Å². The zero-order valence-electron chi connectivity index (χ0n) is 19.6. The number of aryl methyl sites for hydroxylation is 2. The van der Waals surface area contributed by atoms with Crippen molar-refractivity contribution in [2.24, 2.45) is 0 Å². The molecule has 5 aromatic rings. The molecule has 4 aromatic carbocycles. The molecule has 0 aliphatic rings. The van der Waals surface area contributed by atoms with Crippen LogP contribution in [0.2, 0.25) is 0 Å². The number of aromatic nitrogens is 1. The third-order valence-corrected chi connectivity index (χ3v) is 12.5. The number of hydrogen-bond acceptors (Lipinski definition) is 1. The molecule has 0 fully saturated rings. The van der Waals surface area contributed by atoms with Gasteiger partial charge in [-0.25, -0.2) is 0 Å². The van der Waals surface area contributed by atoms with E-state index in [9.17, 15) is 0 Å². The van der Waals surface area contributed by atoms with Crippen molar-refractivity contribution in [3.8, 4) is 11.3 Å². The molecule has 5 rings (SSSR count). The van der Waals surface area contributed by atoms with Gasteiger partial charge in [-0.05, 0) is 0 Å². The summed E-state index contributed by atoms with van der Waals surface area (Å²) < 4.78 is 1.22. The summed E-state index contributed by atoms with van der Waals surface area (Å²) >= 11 is 0.721. The van der Waals surface area contributed by atoms with Gasteiger partial charge in [-0.1, -0.05) is 0 Å². The van der Waals surface area contributed by atoms with Gasteiger partial charge in [0.15, 0.2) is 0 Å². The molecule has 0 aliphatic carbocycles. The van der Waals surface area contributed by atoms with Crippen molar-refractivity contribution in [3.63, 3.8) is 0 Å². The van der Waals surface area contributed by atoms with E-state index in [4.69, 9.17) is 4.98 Å². The summed E-state index contributed by atoms with van der Waals surface area (Å²) in [5, 5.41) is 5.57. The molecule has 1 aromatic heterocycles. The molecule has 0 aliphatic heterocycles. The van der Waals surface area contributed by atoms with E-state index < -0.39 is 8.07 Å². The summed E-state index contributed by atoms with van der Waals surface area (Å²) in [5.74, 6) is 0. The van der Waals surface area contributed by atoms with E-state index in [1.165, 1.54) is 40.8 Å². The van der Waals surface area contributed by atoms with E-state index in [1.54, 1.807) is 0 Å². The number of rotatable bonds is 5. The Kier molecular flexibility index (Phi) is 6.59. The summed E-state index contributed by atoms with van der Waals surface area (Å²) in [6, 6.07) is 44.8. The minimum atomic E-state index is -2.53. The first-order valence-electron chi connectivity index (χ1n) is 11.6. The fraction of sp³-hybridized carbons (Fsp3) is 0.0645. The number of pyridine rings is 1. The predicted octanol–water partition coefficient (Wildman–Crippen LogP) is 3.00. The summed E-state index contributed by atoms with van der Waals surface area (Å²) in [6.07, 6.45) is 0. The number of hydrogen-bond donors (Lipinski definition) is 0. The Morgan fingerprint density at radius 1 is 0.559 bits per heavy atom. The van der Waals surface area contributed by atoms with Gasteiger partial charge in [-0.2, -0.15) is 0 Å². The van der Waals surface area contributed by atoms with Gasteiger partial charge in [0.2, 0.25) is 0 Å². The van der Waals surface area contributed by atoms with E-state index >= 15 is 0 Å². The molecular weight excluding hydrogens is 623 g/mol. The van der Waals surface area contributed by atoms with Crippen LogP contribution in [0.4, 0.5) is 0 Å². The fourth-order valence-electron chi connectivity index (χ4n) is 5.03. The normalized spacial score (nSPS) is 11.4. The average molecular weight is 652 g/mol. The zero-order valence-corrected chi connectivity index (χ0v) is 25.1. The molecule has 3 heteroatoms. The molecule has 1 nitrogen and oxygen atoms in total. The second-order valence-electron chi connectivity index (χ2n) is 8.83. The zero-order chi connectivity index (χ0) is 23.5. The first-order chi connectivity index (χ1) is 16.6. The molecule has 0 saturated heterocycles. The molecule has 0 N–H and O–H groups in total. The third-order valence-electron chi connectivity index (χ3n) is 6.56. The van der Waals surface area contributed by atoms with Crippen molar-refractivity contribution >= 4 is 56.9 Å². The van der Waals surface area contributed by atoms with E-state index in [1.807, 2.05) is 0 Å². The Labute approximate surface area is 218 Å². The van der Waals surface area contributed by atoms with Crippen molar-refractivity contribution < 1.29 is 0 Å². The Morgan fingerprint density at radius 3 is 1.53 bits per heavy atom. The first kappa shape index (κ1) is 22.9.